The Morgan fingerprint density at radius 3 is 2.82 bits per heavy atom. The van der Waals surface area contributed by atoms with Gasteiger partial charge in [0.2, 0.25) is 0 Å². The lowest BCUT2D eigenvalue weighted by molar-refractivity contribution is 0.474. The molecular formula is C16H13BrN4O. The van der Waals surface area contributed by atoms with Crippen LogP contribution < -0.4 is 0 Å². The zero-order chi connectivity index (χ0) is 15.4. The fraction of sp³-hybridized carbons (Fsp3) is 0.125. The molecule has 0 saturated carbocycles. The van der Waals surface area contributed by atoms with E-state index >= 15 is 0 Å². The lowest BCUT2D eigenvalue weighted by atomic mass is 10.1. The van der Waals surface area contributed by atoms with Crippen molar-refractivity contribution in [2.75, 3.05) is 0 Å². The number of phenolic OH excluding ortho intramolecular Hbond substituents is 1. The Morgan fingerprint density at radius 1 is 1.18 bits per heavy atom. The molecule has 1 heterocycles. The van der Waals surface area contributed by atoms with Gasteiger partial charge < -0.3 is 5.11 Å². The Bertz CT molecular complexity index is 756. The molecular weight excluding hydrogens is 344 g/mol. The average molecular weight is 357 g/mol. The third kappa shape index (κ3) is 3.46. The summed E-state index contributed by atoms with van der Waals surface area (Å²) >= 11 is 3.35. The SMILES string of the molecule is Oc1ccc(Br)cc1/C=N/N=C1/C[C@@H](c2ccccc2)N=N1. The van der Waals surface area contributed by atoms with E-state index in [1.54, 1.807) is 18.2 Å². The third-order valence-electron chi connectivity index (χ3n) is 3.23. The summed E-state index contributed by atoms with van der Waals surface area (Å²) < 4.78 is 0.865. The molecule has 0 saturated heterocycles. The second-order valence-corrected chi connectivity index (χ2v) is 5.73. The number of aromatic hydroxyl groups is 1. The smallest absolute Gasteiger partial charge is 0.175 e. The van der Waals surface area contributed by atoms with Crippen molar-refractivity contribution in [1.29, 1.82) is 0 Å². The second-order valence-electron chi connectivity index (χ2n) is 4.81. The van der Waals surface area contributed by atoms with Gasteiger partial charge in [-0.15, -0.1) is 10.2 Å². The number of hydrogen-bond donors (Lipinski definition) is 1. The van der Waals surface area contributed by atoms with Crippen LogP contribution in [0.2, 0.25) is 0 Å². The molecule has 0 aromatic heterocycles. The van der Waals surface area contributed by atoms with Gasteiger partial charge in [-0.2, -0.15) is 10.2 Å². The highest BCUT2D eigenvalue weighted by molar-refractivity contribution is 9.10. The first-order chi connectivity index (χ1) is 10.7. The monoisotopic (exact) mass is 356 g/mol. The molecule has 1 N–H and O–H groups in total. The van der Waals surface area contributed by atoms with Crippen molar-refractivity contribution in [3.05, 3.63) is 64.1 Å². The lowest BCUT2D eigenvalue weighted by Crippen LogP contribution is -1.95. The number of rotatable bonds is 3. The molecule has 0 unspecified atom stereocenters. The molecule has 2 aromatic carbocycles. The van der Waals surface area contributed by atoms with Crippen molar-refractivity contribution < 1.29 is 5.11 Å². The maximum absolute atomic E-state index is 9.72. The van der Waals surface area contributed by atoms with Crippen molar-refractivity contribution in [3.63, 3.8) is 0 Å². The van der Waals surface area contributed by atoms with E-state index in [0.717, 1.165) is 10.0 Å². The molecule has 0 spiro atoms. The van der Waals surface area contributed by atoms with Gasteiger partial charge in [-0.3, -0.25) is 0 Å². The van der Waals surface area contributed by atoms with E-state index < -0.39 is 0 Å². The molecule has 1 aliphatic heterocycles. The normalized spacial score (nSPS) is 19.3. The molecule has 0 bridgehead atoms. The van der Waals surface area contributed by atoms with Crippen molar-refractivity contribution in [3.8, 4) is 5.75 Å². The highest BCUT2D eigenvalue weighted by Crippen LogP contribution is 2.27. The molecule has 6 heteroatoms. The third-order valence-corrected chi connectivity index (χ3v) is 3.73. The Labute approximate surface area is 136 Å². The van der Waals surface area contributed by atoms with Crippen molar-refractivity contribution in [1.82, 2.24) is 0 Å². The minimum Gasteiger partial charge on any atom is -0.507 e. The van der Waals surface area contributed by atoms with E-state index in [1.807, 2.05) is 30.3 Å². The van der Waals surface area contributed by atoms with Gasteiger partial charge in [0.15, 0.2) is 5.84 Å². The molecule has 2 aromatic rings. The van der Waals surface area contributed by atoms with Crippen LogP contribution in [0, 0.1) is 0 Å². The molecule has 110 valence electrons. The molecule has 5 nitrogen and oxygen atoms in total. The van der Waals surface area contributed by atoms with Crippen LogP contribution in [0.5, 0.6) is 5.75 Å². The van der Waals surface area contributed by atoms with Gasteiger partial charge in [0.25, 0.3) is 0 Å². The van der Waals surface area contributed by atoms with Crippen LogP contribution >= 0.6 is 15.9 Å². The Hall–Kier alpha value is -2.34. The zero-order valence-electron chi connectivity index (χ0n) is 11.6. The summed E-state index contributed by atoms with van der Waals surface area (Å²) in [4.78, 5) is 0. The molecule has 0 amide bonds. The number of hydrogen-bond acceptors (Lipinski definition) is 4. The topological polar surface area (TPSA) is 69.7 Å². The first-order valence-corrected chi connectivity index (χ1v) is 7.56. The van der Waals surface area contributed by atoms with E-state index in [0.29, 0.717) is 17.8 Å². The number of phenols is 1. The first-order valence-electron chi connectivity index (χ1n) is 6.76. The maximum Gasteiger partial charge on any atom is 0.175 e. The Morgan fingerprint density at radius 2 is 2.00 bits per heavy atom. The molecule has 3 rings (SSSR count). The van der Waals surface area contributed by atoms with Crippen LogP contribution in [-0.4, -0.2) is 17.2 Å². The minimum absolute atomic E-state index is 0.00872. The van der Waals surface area contributed by atoms with Gasteiger partial charge in [0.05, 0.1) is 6.21 Å². The van der Waals surface area contributed by atoms with Gasteiger partial charge in [0.1, 0.15) is 11.8 Å². The fourth-order valence-corrected chi connectivity index (χ4v) is 2.48. The van der Waals surface area contributed by atoms with E-state index in [2.05, 4.69) is 36.4 Å². The van der Waals surface area contributed by atoms with Crippen LogP contribution in [0.25, 0.3) is 0 Å². The lowest BCUT2D eigenvalue weighted by Gasteiger charge is -2.03. The predicted octanol–water partition coefficient (Wildman–Crippen LogP) is 4.48. The van der Waals surface area contributed by atoms with Crippen LogP contribution in [0.4, 0.5) is 0 Å². The molecule has 0 fully saturated rings. The summed E-state index contributed by atoms with van der Waals surface area (Å²) in [5.74, 6) is 0.738. The van der Waals surface area contributed by atoms with E-state index in [1.165, 1.54) is 6.21 Å². The van der Waals surface area contributed by atoms with Crippen LogP contribution in [0.3, 0.4) is 0 Å². The molecule has 1 atom stereocenters. The summed E-state index contributed by atoms with van der Waals surface area (Å²) in [6, 6.07) is 15.1. The molecule has 22 heavy (non-hydrogen) atoms. The molecule has 0 radical (unpaired) electrons. The zero-order valence-corrected chi connectivity index (χ0v) is 13.2. The van der Waals surface area contributed by atoms with E-state index in [-0.39, 0.29) is 11.8 Å². The fourth-order valence-electron chi connectivity index (χ4n) is 2.10. The summed E-state index contributed by atoms with van der Waals surface area (Å²) in [7, 11) is 0. The second kappa shape index (κ2) is 6.62. The van der Waals surface area contributed by atoms with Gasteiger partial charge in [0, 0.05) is 16.5 Å². The number of benzene rings is 2. The number of amidine groups is 1. The van der Waals surface area contributed by atoms with Gasteiger partial charge >= 0.3 is 0 Å². The standard InChI is InChI=1S/C16H13BrN4O/c17-13-6-7-15(22)12(8-13)10-18-20-16-9-14(19-21-16)11-4-2-1-3-5-11/h1-8,10,14,22H,9H2/b18-10+,20-16-/t14-/m0/s1. The highest BCUT2D eigenvalue weighted by Gasteiger charge is 2.19. The highest BCUT2D eigenvalue weighted by atomic mass is 79.9. The van der Waals surface area contributed by atoms with Crippen molar-refractivity contribution in [2.45, 2.75) is 12.5 Å². The number of halogens is 1. The Kier molecular flexibility index (Phi) is 4.39. The van der Waals surface area contributed by atoms with E-state index in [9.17, 15) is 5.11 Å². The number of nitrogens with zero attached hydrogens (tertiary/aromatic N) is 4. The molecule has 0 aliphatic carbocycles. The minimum atomic E-state index is 0.00872. The predicted molar refractivity (Wildman–Crippen MR) is 89.5 cm³/mol. The largest absolute Gasteiger partial charge is 0.507 e. The van der Waals surface area contributed by atoms with Crippen molar-refractivity contribution in [2.24, 2.45) is 20.4 Å². The summed E-state index contributed by atoms with van der Waals surface area (Å²) in [5.41, 5.74) is 1.71. The average Bonchev–Trinajstić information content (AvgIpc) is 3.00. The van der Waals surface area contributed by atoms with Gasteiger partial charge in [-0.05, 0) is 23.8 Å². The molecule has 1 aliphatic rings. The Balaban J connectivity index is 1.69. The van der Waals surface area contributed by atoms with Gasteiger partial charge in [-0.1, -0.05) is 46.3 Å². The summed E-state index contributed by atoms with van der Waals surface area (Å²) in [5, 5.41) is 26.0. The quantitative estimate of drug-likeness (QED) is 0.638. The number of azo groups is 1. The first kappa shape index (κ1) is 14.6. The maximum atomic E-state index is 9.72. The van der Waals surface area contributed by atoms with Gasteiger partial charge in [-0.25, -0.2) is 0 Å². The summed E-state index contributed by atoms with van der Waals surface area (Å²) in [6.07, 6.45) is 2.13. The van der Waals surface area contributed by atoms with Crippen LogP contribution in [0.15, 0.2) is 73.4 Å². The summed E-state index contributed by atoms with van der Waals surface area (Å²) in [6.45, 7) is 0. The van der Waals surface area contributed by atoms with Crippen LogP contribution in [0.1, 0.15) is 23.6 Å². The van der Waals surface area contributed by atoms with Crippen molar-refractivity contribution >= 4 is 28.0 Å². The van der Waals surface area contributed by atoms with E-state index in [4.69, 9.17) is 0 Å². The van der Waals surface area contributed by atoms with Crippen LogP contribution in [-0.2, 0) is 0 Å².